The molecule has 0 aromatic carbocycles. The van der Waals surface area contributed by atoms with Crippen molar-refractivity contribution in [1.29, 1.82) is 5.26 Å². The Balaban J connectivity index is 1.53. The molecule has 0 spiro atoms. The Hall–Kier alpha value is -0.590. The average molecular weight is 289 g/mol. The molecule has 1 aliphatic carbocycles. The van der Waals surface area contributed by atoms with Crippen LogP contribution < -0.4 is 0 Å². The first kappa shape index (κ1) is 15.3. The van der Waals surface area contributed by atoms with Crippen LogP contribution in [0.4, 0.5) is 0 Å². The lowest BCUT2D eigenvalue weighted by Crippen LogP contribution is -2.52. The quantitative estimate of drug-likeness (QED) is 0.781. The highest BCUT2D eigenvalue weighted by molar-refractivity contribution is 4.98. The summed E-state index contributed by atoms with van der Waals surface area (Å²) < 4.78 is 0. The van der Waals surface area contributed by atoms with Crippen LogP contribution in [0.3, 0.4) is 0 Å². The van der Waals surface area contributed by atoms with Crippen LogP contribution in [0.15, 0.2) is 0 Å². The zero-order valence-corrected chi connectivity index (χ0v) is 13.6. The maximum absolute atomic E-state index is 9.45. The van der Waals surface area contributed by atoms with Gasteiger partial charge in [0.05, 0.1) is 12.0 Å². The molecular formula is C18H31N3. The molecule has 0 bridgehead atoms. The van der Waals surface area contributed by atoms with Gasteiger partial charge in [-0.3, -0.25) is 4.90 Å². The van der Waals surface area contributed by atoms with Gasteiger partial charge in [-0.1, -0.05) is 13.3 Å². The summed E-state index contributed by atoms with van der Waals surface area (Å²) in [5, 5.41) is 9.45. The van der Waals surface area contributed by atoms with Gasteiger partial charge in [0.25, 0.3) is 0 Å². The van der Waals surface area contributed by atoms with Crippen LogP contribution in [0.25, 0.3) is 0 Å². The molecule has 3 atom stereocenters. The Morgan fingerprint density at radius 3 is 2.24 bits per heavy atom. The second-order valence-electron chi connectivity index (χ2n) is 7.58. The van der Waals surface area contributed by atoms with Gasteiger partial charge in [0.15, 0.2) is 0 Å². The highest BCUT2D eigenvalue weighted by Gasteiger charge is 2.35. The molecule has 3 aliphatic rings. The van der Waals surface area contributed by atoms with E-state index in [1.54, 1.807) is 0 Å². The highest BCUT2D eigenvalue weighted by Crippen LogP contribution is 2.34. The average Bonchev–Trinajstić information content (AvgIpc) is 2.56. The van der Waals surface area contributed by atoms with E-state index in [-0.39, 0.29) is 5.92 Å². The normalized spacial score (nSPS) is 37.2. The fraction of sp³-hybridized carbons (Fsp3) is 0.944. The summed E-state index contributed by atoms with van der Waals surface area (Å²) in [7, 11) is 0. The first-order valence-electron chi connectivity index (χ1n) is 9.15. The van der Waals surface area contributed by atoms with Gasteiger partial charge in [0, 0.05) is 12.1 Å². The number of nitriles is 1. The van der Waals surface area contributed by atoms with E-state index in [1.807, 2.05) is 0 Å². The minimum absolute atomic E-state index is 0.285. The van der Waals surface area contributed by atoms with Crippen LogP contribution in [0.2, 0.25) is 0 Å². The van der Waals surface area contributed by atoms with Crippen LogP contribution in [0.5, 0.6) is 0 Å². The van der Waals surface area contributed by atoms with Crippen LogP contribution in [-0.2, 0) is 0 Å². The van der Waals surface area contributed by atoms with Gasteiger partial charge in [0.2, 0.25) is 0 Å². The molecule has 3 heteroatoms. The van der Waals surface area contributed by atoms with Crippen molar-refractivity contribution in [2.45, 2.75) is 70.4 Å². The summed E-state index contributed by atoms with van der Waals surface area (Å²) in [6.45, 7) is 7.45. The van der Waals surface area contributed by atoms with E-state index in [0.29, 0.717) is 6.04 Å². The lowest BCUT2D eigenvalue weighted by Gasteiger charge is -2.45. The van der Waals surface area contributed by atoms with Crippen LogP contribution in [0, 0.1) is 23.2 Å². The molecule has 118 valence electrons. The molecule has 0 amide bonds. The van der Waals surface area contributed by atoms with Crippen molar-refractivity contribution in [3.8, 4) is 6.07 Å². The van der Waals surface area contributed by atoms with Crippen LogP contribution in [-0.4, -0.2) is 48.1 Å². The summed E-state index contributed by atoms with van der Waals surface area (Å²) >= 11 is 0. The number of hydrogen-bond donors (Lipinski definition) is 0. The van der Waals surface area contributed by atoms with Gasteiger partial charge < -0.3 is 4.90 Å². The Morgan fingerprint density at radius 1 is 0.857 bits per heavy atom. The van der Waals surface area contributed by atoms with Gasteiger partial charge >= 0.3 is 0 Å². The molecule has 1 saturated carbocycles. The number of nitrogens with zero attached hydrogens (tertiary/aromatic N) is 3. The van der Waals surface area contributed by atoms with E-state index < -0.39 is 0 Å². The van der Waals surface area contributed by atoms with Crippen molar-refractivity contribution in [2.75, 3.05) is 26.2 Å². The van der Waals surface area contributed by atoms with E-state index >= 15 is 0 Å². The molecule has 0 aromatic heterocycles. The summed E-state index contributed by atoms with van der Waals surface area (Å²) in [6, 6.07) is 3.96. The second-order valence-corrected chi connectivity index (χ2v) is 7.58. The smallest absolute Gasteiger partial charge is 0.0672 e. The Bertz CT molecular complexity index is 361. The first-order chi connectivity index (χ1) is 10.3. The summed E-state index contributed by atoms with van der Waals surface area (Å²) in [4.78, 5) is 5.40. The molecule has 0 radical (unpaired) electrons. The minimum atomic E-state index is 0.285. The third kappa shape index (κ3) is 3.60. The molecular weight excluding hydrogens is 258 g/mol. The number of hydrogen-bond acceptors (Lipinski definition) is 3. The zero-order valence-electron chi connectivity index (χ0n) is 13.6. The van der Waals surface area contributed by atoms with E-state index in [4.69, 9.17) is 0 Å². The topological polar surface area (TPSA) is 30.3 Å². The predicted molar refractivity (Wildman–Crippen MR) is 85.9 cm³/mol. The molecule has 0 N–H and O–H groups in total. The summed E-state index contributed by atoms with van der Waals surface area (Å²) in [6.07, 6.45) is 10.5. The Morgan fingerprint density at radius 2 is 1.57 bits per heavy atom. The molecule has 2 heterocycles. The van der Waals surface area contributed by atoms with E-state index in [0.717, 1.165) is 18.4 Å². The number of likely N-dealkylation sites (tertiary alicyclic amines) is 2. The zero-order chi connectivity index (χ0) is 14.7. The lowest BCUT2D eigenvalue weighted by atomic mass is 9.78. The number of piperidine rings is 2. The van der Waals surface area contributed by atoms with E-state index in [2.05, 4.69) is 22.8 Å². The second kappa shape index (κ2) is 7.11. The molecule has 2 saturated heterocycles. The van der Waals surface area contributed by atoms with Crippen molar-refractivity contribution >= 4 is 0 Å². The Labute approximate surface area is 130 Å². The molecule has 3 rings (SSSR count). The van der Waals surface area contributed by atoms with Crippen LogP contribution >= 0.6 is 0 Å². The van der Waals surface area contributed by atoms with Crippen molar-refractivity contribution in [3.05, 3.63) is 0 Å². The van der Waals surface area contributed by atoms with Gasteiger partial charge in [-0.25, -0.2) is 0 Å². The lowest BCUT2D eigenvalue weighted by molar-refractivity contribution is 0.0420. The van der Waals surface area contributed by atoms with Crippen LogP contribution in [0.1, 0.15) is 58.3 Å². The van der Waals surface area contributed by atoms with Gasteiger partial charge in [-0.05, 0) is 77.0 Å². The summed E-state index contributed by atoms with van der Waals surface area (Å²) in [5.74, 6) is 1.09. The third-order valence-electron chi connectivity index (χ3n) is 6.12. The third-order valence-corrected chi connectivity index (χ3v) is 6.12. The van der Waals surface area contributed by atoms with E-state index in [9.17, 15) is 5.26 Å². The largest absolute Gasteiger partial charge is 0.300 e. The molecule has 21 heavy (non-hydrogen) atoms. The molecule has 3 unspecified atom stereocenters. The van der Waals surface area contributed by atoms with Gasteiger partial charge in [-0.2, -0.15) is 5.26 Å². The van der Waals surface area contributed by atoms with Crippen molar-refractivity contribution in [2.24, 2.45) is 11.8 Å². The van der Waals surface area contributed by atoms with Crippen molar-refractivity contribution < 1.29 is 0 Å². The fourth-order valence-electron chi connectivity index (χ4n) is 4.77. The first-order valence-corrected chi connectivity index (χ1v) is 9.15. The number of rotatable bonds is 2. The van der Waals surface area contributed by atoms with Crippen molar-refractivity contribution in [3.63, 3.8) is 0 Å². The fourth-order valence-corrected chi connectivity index (χ4v) is 4.77. The molecule has 0 aromatic rings. The van der Waals surface area contributed by atoms with Gasteiger partial charge in [-0.15, -0.1) is 0 Å². The minimum Gasteiger partial charge on any atom is -0.300 e. The summed E-state index contributed by atoms with van der Waals surface area (Å²) in [5.41, 5.74) is 0. The molecule has 3 fully saturated rings. The predicted octanol–water partition coefficient (Wildman–Crippen LogP) is 3.27. The molecule has 3 nitrogen and oxygen atoms in total. The standard InChI is InChI=1S/C18H31N3/c1-15-5-6-16(14-19)18(13-15)21-11-7-17(8-12-21)20-9-3-2-4-10-20/h15-18H,2-13H2,1H3. The van der Waals surface area contributed by atoms with E-state index in [1.165, 1.54) is 71.1 Å². The Kier molecular flexibility index (Phi) is 5.19. The van der Waals surface area contributed by atoms with Gasteiger partial charge in [0.1, 0.15) is 0 Å². The highest BCUT2D eigenvalue weighted by atomic mass is 15.2. The SMILES string of the molecule is CC1CCC(C#N)C(N2CCC(N3CCCCC3)CC2)C1. The van der Waals surface area contributed by atoms with Crippen molar-refractivity contribution in [1.82, 2.24) is 9.80 Å². The maximum atomic E-state index is 9.45. The molecule has 2 aliphatic heterocycles. The monoisotopic (exact) mass is 289 g/mol. The maximum Gasteiger partial charge on any atom is 0.0672 e.